The minimum Gasteiger partial charge on any atom is -0.465 e. The summed E-state index contributed by atoms with van der Waals surface area (Å²) < 4.78 is 4.64. The molecule has 5 heteroatoms. The molecule has 0 saturated carbocycles. The van der Waals surface area contributed by atoms with Gasteiger partial charge in [-0.3, -0.25) is 4.98 Å². The molecule has 0 saturated heterocycles. The number of aromatic nitrogens is 2. The number of nitrogens with zero attached hydrogens (tertiary/aromatic N) is 2. The molecule has 0 amide bonds. The summed E-state index contributed by atoms with van der Waals surface area (Å²) in [6.45, 7) is 0. The Bertz CT molecular complexity index is 543. The molecule has 2 aromatic rings. The largest absolute Gasteiger partial charge is 0.465 e. The quantitative estimate of drug-likeness (QED) is 0.606. The van der Waals surface area contributed by atoms with Crippen molar-refractivity contribution in [3.63, 3.8) is 0 Å². The van der Waals surface area contributed by atoms with Crippen LogP contribution in [0.25, 0.3) is 11.4 Å². The van der Waals surface area contributed by atoms with Gasteiger partial charge >= 0.3 is 5.97 Å². The molecule has 0 fully saturated rings. The molecular formula is C12H9ClN2O2. The van der Waals surface area contributed by atoms with E-state index in [0.717, 1.165) is 0 Å². The Balaban J connectivity index is 2.49. The number of halogens is 1. The van der Waals surface area contributed by atoms with Gasteiger partial charge < -0.3 is 4.74 Å². The smallest absolute Gasteiger partial charge is 0.338 e. The zero-order valence-corrected chi connectivity index (χ0v) is 9.81. The summed E-state index contributed by atoms with van der Waals surface area (Å²) in [7, 11) is 1.32. The zero-order chi connectivity index (χ0) is 12.3. The highest BCUT2D eigenvalue weighted by Crippen LogP contribution is 2.19. The van der Waals surface area contributed by atoms with Gasteiger partial charge in [-0.2, -0.15) is 0 Å². The lowest BCUT2D eigenvalue weighted by atomic mass is 10.2. The molecule has 4 nitrogen and oxygen atoms in total. The predicted octanol–water partition coefficient (Wildman–Crippen LogP) is 2.58. The van der Waals surface area contributed by atoms with Crippen molar-refractivity contribution in [1.82, 2.24) is 9.97 Å². The first kappa shape index (κ1) is 11.5. The summed E-state index contributed by atoms with van der Waals surface area (Å²) in [5, 5.41) is 0.230. The standard InChI is InChI=1S/C12H9ClN2O2/c1-17-12(16)8-6-10(15-11(13)7-8)9-4-2-3-5-14-9/h2-7H,1H3. The van der Waals surface area contributed by atoms with Gasteiger partial charge in [-0.25, -0.2) is 9.78 Å². The summed E-state index contributed by atoms with van der Waals surface area (Å²) in [5.74, 6) is -0.452. The number of hydrogen-bond acceptors (Lipinski definition) is 4. The summed E-state index contributed by atoms with van der Waals surface area (Å²) in [4.78, 5) is 19.7. The van der Waals surface area contributed by atoms with E-state index < -0.39 is 5.97 Å². The Kier molecular flexibility index (Phi) is 3.35. The van der Waals surface area contributed by atoms with E-state index in [2.05, 4.69) is 14.7 Å². The van der Waals surface area contributed by atoms with Gasteiger partial charge in [-0.05, 0) is 24.3 Å². The summed E-state index contributed by atoms with van der Waals surface area (Å²) in [6.07, 6.45) is 1.65. The lowest BCUT2D eigenvalue weighted by molar-refractivity contribution is 0.0600. The van der Waals surface area contributed by atoms with Crippen molar-refractivity contribution >= 4 is 17.6 Å². The minimum absolute atomic E-state index is 0.230. The number of carbonyl (C=O) groups is 1. The molecule has 0 aliphatic heterocycles. The lowest BCUT2D eigenvalue weighted by Gasteiger charge is -2.04. The van der Waals surface area contributed by atoms with Gasteiger partial charge in [0.1, 0.15) is 5.15 Å². The Labute approximate surface area is 103 Å². The number of hydrogen-bond donors (Lipinski definition) is 0. The van der Waals surface area contributed by atoms with Crippen LogP contribution in [0, 0.1) is 0 Å². The summed E-state index contributed by atoms with van der Waals surface area (Å²) in [5.41, 5.74) is 1.55. The predicted molar refractivity (Wildman–Crippen MR) is 63.8 cm³/mol. The second-order valence-corrected chi connectivity index (χ2v) is 3.66. The van der Waals surface area contributed by atoms with Gasteiger partial charge in [0.25, 0.3) is 0 Å². The van der Waals surface area contributed by atoms with Crippen LogP contribution >= 0.6 is 11.6 Å². The van der Waals surface area contributed by atoms with Gasteiger partial charge in [0.05, 0.1) is 24.1 Å². The van der Waals surface area contributed by atoms with Crippen molar-refractivity contribution in [2.24, 2.45) is 0 Å². The van der Waals surface area contributed by atoms with Crippen molar-refractivity contribution in [1.29, 1.82) is 0 Å². The van der Waals surface area contributed by atoms with Gasteiger partial charge in [-0.15, -0.1) is 0 Å². The monoisotopic (exact) mass is 248 g/mol. The van der Waals surface area contributed by atoms with Gasteiger partial charge in [0.2, 0.25) is 0 Å². The van der Waals surface area contributed by atoms with Crippen molar-refractivity contribution in [2.75, 3.05) is 7.11 Å². The van der Waals surface area contributed by atoms with E-state index in [1.54, 1.807) is 24.4 Å². The van der Waals surface area contributed by atoms with Gasteiger partial charge in [-0.1, -0.05) is 17.7 Å². The molecule has 2 aromatic heterocycles. The highest BCUT2D eigenvalue weighted by Gasteiger charge is 2.10. The van der Waals surface area contributed by atoms with Crippen molar-refractivity contribution in [3.8, 4) is 11.4 Å². The average molecular weight is 249 g/mol. The lowest BCUT2D eigenvalue weighted by Crippen LogP contribution is -2.02. The fraction of sp³-hybridized carbons (Fsp3) is 0.0833. The molecule has 0 aromatic carbocycles. The first-order valence-corrected chi connectivity index (χ1v) is 5.26. The highest BCUT2D eigenvalue weighted by molar-refractivity contribution is 6.29. The fourth-order valence-electron chi connectivity index (χ4n) is 1.38. The summed E-state index contributed by atoms with van der Waals surface area (Å²) >= 11 is 5.85. The van der Waals surface area contributed by atoms with E-state index >= 15 is 0 Å². The van der Waals surface area contributed by atoms with Crippen molar-refractivity contribution < 1.29 is 9.53 Å². The number of rotatable bonds is 2. The third kappa shape index (κ3) is 2.60. The molecule has 0 spiro atoms. The van der Waals surface area contributed by atoms with E-state index in [1.807, 2.05) is 6.07 Å². The molecule has 17 heavy (non-hydrogen) atoms. The number of carbonyl (C=O) groups excluding carboxylic acids is 1. The Morgan fingerprint density at radius 3 is 2.76 bits per heavy atom. The van der Waals surface area contributed by atoms with Crippen LogP contribution in [0.4, 0.5) is 0 Å². The molecule has 0 bridgehead atoms. The van der Waals surface area contributed by atoms with Gasteiger partial charge in [0, 0.05) is 6.20 Å². The van der Waals surface area contributed by atoms with Crippen molar-refractivity contribution in [3.05, 3.63) is 47.2 Å². The highest BCUT2D eigenvalue weighted by atomic mass is 35.5. The normalized spacial score (nSPS) is 10.0. The average Bonchev–Trinajstić information content (AvgIpc) is 2.38. The molecule has 0 radical (unpaired) electrons. The molecule has 0 N–H and O–H groups in total. The SMILES string of the molecule is COC(=O)c1cc(Cl)nc(-c2ccccn2)c1. The maximum atomic E-state index is 11.4. The molecular weight excluding hydrogens is 240 g/mol. The molecule has 0 aliphatic carbocycles. The molecule has 86 valence electrons. The fourth-order valence-corrected chi connectivity index (χ4v) is 1.59. The zero-order valence-electron chi connectivity index (χ0n) is 9.05. The van der Waals surface area contributed by atoms with E-state index in [4.69, 9.17) is 11.6 Å². The van der Waals surface area contributed by atoms with E-state index in [0.29, 0.717) is 17.0 Å². The van der Waals surface area contributed by atoms with Crippen LogP contribution in [0.1, 0.15) is 10.4 Å². The van der Waals surface area contributed by atoms with Crippen LogP contribution in [0.5, 0.6) is 0 Å². The number of pyridine rings is 2. The first-order valence-electron chi connectivity index (χ1n) is 4.88. The topological polar surface area (TPSA) is 52.1 Å². The molecule has 0 atom stereocenters. The Hall–Kier alpha value is -1.94. The minimum atomic E-state index is -0.452. The van der Waals surface area contributed by atoms with E-state index in [-0.39, 0.29) is 5.15 Å². The van der Waals surface area contributed by atoms with Crippen molar-refractivity contribution in [2.45, 2.75) is 0 Å². The third-order valence-corrected chi connectivity index (χ3v) is 2.34. The van der Waals surface area contributed by atoms with Gasteiger partial charge in [0.15, 0.2) is 0 Å². The van der Waals surface area contributed by atoms with Crippen LogP contribution in [-0.4, -0.2) is 23.0 Å². The maximum absolute atomic E-state index is 11.4. The summed E-state index contributed by atoms with van der Waals surface area (Å²) in [6, 6.07) is 8.48. The Morgan fingerprint density at radius 2 is 2.12 bits per heavy atom. The van der Waals surface area contributed by atoms with Crippen LogP contribution < -0.4 is 0 Å². The van der Waals surface area contributed by atoms with Crippen LogP contribution in [0.15, 0.2) is 36.5 Å². The van der Waals surface area contributed by atoms with E-state index in [1.165, 1.54) is 13.2 Å². The first-order chi connectivity index (χ1) is 8.20. The molecule has 2 rings (SSSR count). The number of esters is 1. The van der Waals surface area contributed by atoms with Crippen LogP contribution in [0.3, 0.4) is 0 Å². The van der Waals surface area contributed by atoms with E-state index in [9.17, 15) is 4.79 Å². The third-order valence-electron chi connectivity index (χ3n) is 2.14. The van der Waals surface area contributed by atoms with Crippen LogP contribution in [-0.2, 0) is 4.74 Å². The molecule has 0 aliphatic rings. The number of methoxy groups -OCH3 is 1. The van der Waals surface area contributed by atoms with Crippen LogP contribution in [0.2, 0.25) is 5.15 Å². The maximum Gasteiger partial charge on any atom is 0.338 e. The number of ether oxygens (including phenoxy) is 1. The molecule has 0 unspecified atom stereocenters. The second-order valence-electron chi connectivity index (χ2n) is 3.27. The second kappa shape index (κ2) is 4.93. The Morgan fingerprint density at radius 1 is 1.29 bits per heavy atom. The molecule has 2 heterocycles.